The number of aromatic nitrogens is 2. The van der Waals surface area contributed by atoms with E-state index in [0.29, 0.717) is 17.8 Å². The lowest BCUT2D eigenvalue weighted by Crippen LogP contribution is -2.38. The van der Waals surface area contributed by atoms with Crippen molar-refractivity contribution in [2.24, 2.45) is 0 Å². The van der Waals surface area contributed by atoms with E-state index in [0.717, 1.165) is 17.8 Å². The highest BCUT2D eigenvalue weighted by molar-refractivity contribution is 5.48. The van der Waals surface area contributed by atoms with E-state index in [2.05, 4.69) is 15.3 Å². The van der Waals surface area contributed by atoms with Gasteiger partial charge in [-0.2, -0.15) is 13.2 Å². The molecule has 0 bridgehead atoms. The van der Waals surface area contributed by atoms with Crippen molar-refractivity contribution in [1.82, 2.24) is 15.3 Å². The quantitative estimate of drug-likeness (QED) is 0.705. The molecule has 1 atom stereocenters. The Hall–Kier alpha value is -2.68. The zero-order chi connectivity index (χ0) is 20.8. The minimum Gasteiger partial charge on any atom is -0.388 e. The molecule has 3 N–H and O–H groups in total. The summed E-state index contributed by atoms with van der Waals surface area (Å²) >= 11 is 0. The zero-order valence-electron chi connectivity index (χ0n) is 15.4. The highest BCUT2D eigenvalue weighted by Gasteiger charge is 2.32. The van der Waals surface area contributed by atoms with Gasteiger partial charge in [-0.1, -0.05) is 12.1 Å². The lowest BCUT2D eigenvalue weighted by atomic mass is 9.91. The smallest absolute Gasteiger partial charge is 0.388 e. The van der Waals surface area contributed by atoms with E-state index in [4.69, 9.17) is 0 Å². The summed E-state index contributed by atoms with van der Waals surface area (Å²) in [5.41, 5.74) is -0.966. The summed E-state index contributed by atoms with van der Waals surface area (Å²) in [5.74, 6) is 0.667. The number of aliphatic hydroxyl groups is 1. The standard InChI is InChI=1S/C12H14F3NO2.C6H8N2O/c1-11(2,18)10(16-7-17)8-3-5-9(6-4-8)12(13,14)15;1-4-3-6(9)8-5(2)7-4/h3-7,10,18H,1-2H3,(H,16,17);3H,1-2H3,(H,7,8,9). The number of halogens is 3. The maximum atomic E-state index is 12.4. The van der Waals surface area contributed by atoms with Crippen LogP contribution in [0.4, 0.5) is 13.2 Å². The second-order valence-electron chi connectivity index (χ2n) is 6.46. The number of carbonyl (C=O) groups is 1. The Morgan fingerprint density at radius 3 is 2.11 bits per heavy atom. The number of H-pyrrole nitrogens is 1. The van der Waals surface area contributed by atoms with E-state index < -0.39 is 23.4 Å². The van der Waals surface area contributed by atoms with Crippen molar-refractivity contribution in [1.29, 1.82) is 0 Å². The van der Waals surface area contributed by atoms with Crippen LogP contribution in [0.5, 0.6) is 0 Å². The molecule has 0 aliphatic rings. The molecule has 148 valence electrons. The van der Waals surface area contributed by atoms with Crippen LogP contribution in [0.2, 0.25) is 0 Å². The number of nitrogens with zero attached hydrogens (tertiary/aromatic N) is 1. The van der Waals surface area contributed by atoms with E-state index in [9.17, 15) is 27.9 Å². The molecule has 1 aromatic heterocycles. The molecule has 9 heteroatoms. The van der Waals surface area contributed by atoms with E-state index in [-0.39, 0.29) is 5.56 Å². The predicted molar refractivity (Wildman–Crippen MR) is 94.0 cm³/mol. The molecule has 1 heterocycles. The molecule has 2 aromatic rings. The third-order valence-corrected chi connectivity index (χ3v) is 3.50. The van der Waals surface area contributed by atoms with Gasteiger partial charge in [0.15, 0.2) is 0 Å². The van der Waals surface area contributed by atoms with Crippen molar-refractivity contribution in [3.8, 4) is 0 Å². The highest BCUT2D eigenvalue weighted by atomic mass is 19.4. The van der Waals surface area contributed by atoms with E-state index >= 15 is 0 Å². The summed E-state index contributed by atoms with van der Waals surface area (Å²) in [7, 11) is 0. The molecular weight excluding hydrogens is 363 g/mol. The first-order valence-electron chi connectivity index (χ1n) is 7.98. The van der Waals surface area contributed by atoms with Crippen LogP contribution in [-0.4, -0.2) is 27.1 Å². The van der Waals surface area contributed by atoms with Crippen LogP contribution in [0.3, 0.4) is 0 Å². The molecule has 0 fully saturated rings. The van der Waals surface area contributed by atoms with Gasteiger partial charge in [0, 0.05) is 11.8 Å². The number of hydrogen-bond donors (Lipinski definition) is 3. The van der Waals surface area contributed by atoms with E-state index in [1.54, 1.807) is 13.8 Å². The van der Waals surface area contributed by atoms with Crippen molar-refractivity contribution in [3.05, 3.63) is 63.3 Å². The van der Waals surface area contributed by atoms with Gasteiger partial charge in [0.25, 0.3) is 5.56 Å². The molecule has 27 heavy (non-hydrogen) atoms. The van der Waals surface area contributed by atoms with Crippen LogP contribution in [0.25, 0.3) is 0 Å². The van der Waals surface area contributed by atoms with Gasteiger partial charge in [0.2, 0.25) is 6.41 Å². The number of hydrogen-bond acceptors (Lipinski definition) is 4. The second kappa shape index (κ2) is 8.81. The molecule has 0 aliphatic carbocycles. The van der Waals surface area contributed by atoms with Gasteiger partial charge in [-0.25, -0.2) is 4.98 Å². The Bertz CT molecular complexity index is 786. The third kappa shape index (κ3) is 7.22. The number of nitrogens with one attached hydrogen (secondary N) is 2. The number of alkyl halides is 3. The van der Waals surface area contributed by atoms with Gasteiger partial charge in [-0.3, -0.25) is 9.59 Å². The largest absolute Gasteiger partial charge is 0.416 e. The summed E-state index contributed by atoms with van der Waals surface area (Å²) in [4.78, 5) is 27.6. The summed E-state index contributed by atoms with van der Waals surface area (Å²) in [6.45, 7) is 6.48. The van der Waals surface area contributed by atoms with E-state index in [1.807, 2.05) is 0 Å². The zero-order valence-corrected chi connectivity index (χ0v) is 15.4. The number of benzene rings is 1. The average Bonchev–Trinajstić information content (AvgIpc) is 2.50. The molecule has 1 aromatic carbocycles. The molecule has 1 unspecified atom stereocenters. The van der Waals surface area contributed by atoms with Gasteiger partial charge >= 0.3 is 6.18 Å². The number of aromatic amines is 1. The van der Waals surface area contributed by atoms with Crippen molar-refractivity contribution < 1.29 is 23.1 Å². The van der Waals surface area contributed by atoms with Gasteiger partial charge in [0.05, 0.1) is 17.2 Å². The van der Waals surface area contributed by atoms with Gasteiger partial charge in [-0.05, 0) is 45.4 Å². The molecule has 0 aliphatic heterocycles. The Morgan fingerprint density at radius 1 is 1.19 bits per heavy atom. The SMILES string of the molecule is CC(C)(O)C(NC=O)c1ccc(C(F)(F)F)cc1.Cc1cc(=O)[nH]c(C)n1. The normalized spacial score (nSPS) is 12.6. The predicted octanol–water partition coefficient (Wildman–Crippen LogP) is 2.65. The molecular formula is C18H22F3N3O3. The summed E-state index contributed by atoms with van der Waals surface area (Å²) in [6, 6.07) is 5.01. The van der Waals surface area contributed by atoms with Crippen molar-refractivity contribution in [3.63, 3.8) is 0 Å². The van der Waals surface area contributed by atoms with Crippen LogP contribution in [0.15, 0.2) is 35.1 Å². The molecule has 0 radical (unpaired) electrons. The van der Waals surface area contributed by atoms with Crippen LogP contribution in [-0.2, 0) is 11.0 Å². The van der Waals surface area contributed by atoms with Gasteiger partial charge in [0.1, 0.15) is 5.82 Å². The van der Waals surface area contributed by atoms with Crippen LogP contribution in [0, 0.1) is 13.8 Å². The number of carbonyl (C=O) groups excluding carboxylic acids is 1. The van der Waals surface area contributed by atoms with Crippen molar-refractivity contribution >= 4 is 6.41 Å². The maximum absolute atomic E-state index is 12.4. The fourth-order valence-electron chi connectivity index (χ4n) is 2.37. The summed E-state index contributed by atoms with van der Waals surface area (Å²) < 4.78 is 37.1. The minimum atomic E-state index is -4.40. The molecule has 0 spiro atoms. The second-order valence-corrected chi connectivity index (χ2v) is 6.46. The van der Waals surface area contributed by atoms with Crippen LogP contribution < -0.4 is 10.9 Å². The molecule has 0 saturated heterocycles. The lowest BCUT2D eigenvalue weighted by Gasteiger charge is -2.29. The van der Waals surface area contributed by atoms with Crippen molar-refractivity contribution in [2.75, 3.05) is 0 Å². The van der Waals surface area contributed by atoms with E-state index in [1.165, 1.54) is 32.0 Å². The monoisotopic (exact) mass is 385 g/mol. The maximum Gasteiger partial charge on any atom is 0.416 e. The molecule has 0 saturated carbocycles. The fourth-order valence-corrected chi connectivity index (χ4v) is 2.37. The van der Waals surface area contributed by atoms with Crippen LogP contribution in [0.1, 0.15) is 42.5 Å². The third-order valence-electron chi connectivity index (χ3n) is 3.50. The Kier molecular flexibility index (Phi) is 7.29. The van der Waals surface area contributed by atoms with Gasteiger partial charge in [-0.15, -0.1) is 0 Å². The number of aryl methyl sites for hydroxylation is 2. The minimum absolute atomic E-state index is 0.0833. The molecule has 2 rings (SSSR count). The number of amides is 1. The summed E-state index contributed by atoms with van der Waals surface area (Å²) in [5, 5.41) is 12.2. The first-order valence-corrected chi connectivity index (χ1v) is 7.98. The topological polar surface area (TPSA) is 95.1 Å². The Labute approximate surface area is 154 Å². The van der Waals surface area contributed by atoms with Gasteiger partial charge < -0.3 is 15.4 Å². The highest BCUT2D eigenvalue weighted by Crippen LogP contribution is 2.31. The molecule has 1 amide bonds. The fraction of sp³-hybridized carbons (Fsp3) is 0.389. The van der Waals surface area contributed by atoms with Crippen LogP contribution >= 0.6 is 0 Å². The number of rotatable bonds is 4. The summed E-state index contributed by atoms with van der Waals surface area (Å²) in [6.07, 6.45) is -4.00. The first kappa shape index (κ1) is 22.4. The lowest BCUT2D eigenvalue weighted by molar-refractivity contribution is -0.137. The Morgan fingerprint density at radius 2 is 1.74 bits per heavy atom. The van der Waals surface area contributed by atoms with Crippen molar-refractivity contribution in [2.45, 2.75) is 45.5 Å². The Balaban J connectivity index is 0.000000337. The molecule has 6 nitrogen and oxygen atoms in total. The average molecular weight is 385 g/mol. The first-order chi connectivity index (χ1) is 12.3.